The van der Waals surface area contributed by atoms with Crippen molar-refractivity contribution >= 4 is 0 Å². The van der Waals surface area contributed by atoms with Gasteiger partial charge in [-0.2, -0.15) is 0 Å². The first-order valence-corrected chi connectivity index (χ1v) is 7.25. The Morgan fingerprint density at radius 2 is 2.00 bits per heavy atom. The lowest BCUT2D eigenvalue weighted by atomic mass is 10.2. The lowest BCUT2D eigenvalue weighted by Gasteiger charge is -2.12. The maximum Gasteiger partial charge on any atom is 0.127 e. The minimum atomic E-state index is -0.239. The molecular weight excluding hydrogens is 255 g/mol. The molecule has 1 N–H and O–H groups in total. The highest BCUT2D eigenvalue weighted by molar-refractivity contribution is 5.29. The molecule has 0 saturated carbocycles. The van der Waals surface area contributed by atoms with Gasteiger partial charge >= 0.3 is 0 Å². The summed E-state index contributed by atoms with van der Waals surface area (Å²) in [6.45, 7) is 7.48. The van der Waals surface area contributed by atoms with Gasteiger partial charge in [-0.25, -0.2) is 4.39 Å². The molecule has 0 bridgehead atoms. The van der Waals surface area contributed by atoms with Crippen LogP contribution in [0.4, 0.5) is 4.39 Å². The normalized spacial score (nSPS) is 11.3. The van der Waals surface area contributed by atoms with E-state index in [1.165, 1.54) is 6.07 Å². The van der Waals surface area contributed by atoms with Crippen molar-refractivity contribution in [2.24, 2.45) is 5.92 Å². The zero-order valence-corrected chi connectivity index (χ0v) is 13.1. The third-order valence-corrected chi connectivity index (χ3v) is 2.83. The van der Waals surface area contributed by atoms with Crippen molar-refractivity contribution in [3.05, 3.63) is 29.6 Å². The van der Waals surface area contributed by atoms with E-state index >= 15 is 0 Å². The minimum absolute atomic E-state index is 0.239. The van der Waals surface area contributed by atoms with E-state index in [0.717, 1.165) is 25.1 Å². The van der Waals surface area contributed by atoms with Crippen LogP contribution in [0.15, 0.2) is 18.2 Å². The average Bonchev–Trinajstić information content (AvgIpc) is 2.33. The summed E-state index contributed by atoms with van der Waals surface area (Å²) in [4.78, 5) is 2.11. The number of rotatable bonds is 9. The van der Waals surface area contributed by atoms with Crippen LogP contribution in [-0.2, 0) is 6.54 Å². The number of nitrogens with zero attached hydrogens (tertiary/aromatic N) is 1. The van der Waals surface area contributed by atoms with Crippen LogP contribution in [0.25, 0.3) is 0 Å². The molecule has 20 heavy (non-hydrogen) atoms. The molecule has 4 heteroatoms. The highest BCUT2D eigenvalue weighted by Crippen LogP contribution is 2.16. The number of hydrogen-bond acceptors (Lipinski definition) is 3. The van der Waals surface area contributed by atoms with Crippen molar-refractivity contribution in [3.63, 3.8) is 0 Å². The standard InChI is InChI=1S/C16H27FN2O/c1-13(2)11-18-12-14-8-15(17)10-16(9-14)20-7-5-6-19(3)4/h8-10,13,18H,5-7,11-12H2,1-4H3. The second-order valence-corrected chi connectivity index (χ2v) is 5.83. The van der Waals surface area contributed by atoms with E-state index in [1.54, 1.807) is 6.07 Å². The van der Waals surface area contributed by atoms with Gasteiger partial charge in [0, 0.05) is 19.2 Å². The summed E-state index contributed by atoms with van der Waals surface area (Å²) in [5.74, 6) is 0.965. The zero-order valence-electron chi connectivity index (χ0n) is 13.1. The molecule has 114 valence electrons. The fourth-order valence-corrected chi connectivity index (χ4v) is 1.88. The van der Waals surface area contributed by atoms with E-state index in [-0.39, 0.29) is 5.82 Å². The van der Waals surface area contributed by atoms with Gasteiger partial charge in [-0.15, -0.1) is 0 Å². The molecule has 0 aromatic heterocycles. The molecule has 3 nitrogen and oxygen atoms in total. The molecule has 0 radical (unpaired) electrons. The second kappa shape index (κ2) is 8.93. The van der Waals surface area contributed by atoms with E-state index in [1.807, 2.05) is 20.2 Å². The minimum Gasteiger partial charge on any atom is -0.493 e. The number of halogens is 1. The predicted octanol–water partition coefficient (Wildman–Crippen LogP) is 2.90. The maximum absolute atomic E-state index is 13.5. The van der Waals surface area contributed by atoms with Gasteiger partial charge in [-0.3, -0.25) is 0 Å². The Balaban J connectivity index is 2.44. The Kier molecular flexibility index (Phi) is 7.55. The summed E-state index contributed by atoms with van der Waals surface area (Å²) in [5, 5.41) is 3.31. The van der Waals surface area contributed by atoms with Crippen molar-refractivity contribution in [1.82, 2.24) is 10.2 Å². The van der Waals surface area contributed by atoms with E-state index in [2.05, 4.69) is 24.1 Å². The maximum atomic E-state index is 13.5. The largest absolute Gasteiger partial charge is 0.493 e. The third kappa shape index (κ3) is 7.46. The molecule has 0 atom stereocenters. The van der Waals surface area contributed by atoms with Gasteiger partial charge in [0.2, 0.25) is 0 Å². The third-order valence-electron chi connectivity index (χ3n) is 2.83. The summed E-state index contributed by atoms with van der Waals surface area (Å²) in [7, 11) is 4.06. The lowest BCUT2D eigenvalue weighted by molar-refractivity contribution is 0.280. The Morgan fingerprint density at radius 3 is 2.65 bits per heavy atom. The van der Waals surface area contributed by atoms with Crippen LogP contribution >= 0.6 is 0 Å². The summed E-state index contributed by atoms with van der Waals surface area (Å²) in [5.41, 5.74) is 0.924. The molecule has 1 rings (SSSR count). The monoisotopic (exact) mass is 282 g/mol. The smallest absolute Gasteiger partial charge is 0.127 e. The van der Waals surface area contributed by atoms with E-state index < -0.39 is 0 Å². The number of benzene rings is 1. The van der Waals surface area contributed by atoms with Crippen LogP contribution in [0.2, 0.25) is 0 Å². The molecule has 0 unspecified atom stereocenters. The predicted molar refractivity (Wildman–Crippen MR) is 81.6 cm³/mol. The van der Waals surface area contributed by atoms with Gasteiger partial charge in [0.1, 0.15) is 11.6 Å². The van der Waals surface area contributed by atoms with Crippen molar-refractivity contribution in [3.8, 4) is 5.75 Å². The molecular formula is C16H27FN2O. The summed E-state index contributed by atoms with van der Waals surface area (Å²) < 4.78 is 19.1. The highest BCUT2D eigenvalue weighted by atomic mass is 19.1. The van der Waals surface area contributed by atoms with Crippen LogP contribution in [0, 0.1) is 11.7 Å². The summed E-state index contributed by atoms with van der Waals surface area (Å²) in [6, 6.07) is 4.91. The molecule has 0 aliphatic rings. The van der Waals surface area contributed by atoms with Crippen LogP contribution in [-0.4, -0.2) is 38.7 Å². The van der Waals surface area contributed by atoms with Gasteiger partial charge in [0.05, 0.1) is 6.61 Å². The SMILES string of the molecule is CC(C)CNCc1cc(F)cc(OCCCN(C)C)c1. The topological polar surface area (TPSA) is 24.5 Å². The number of nitrogens with one attached hydrogen (secondary N) is 1. The van der Waals surface area contributed by atoms with E-state index in [0.29, 0.717) is 24.8 Å². The van der Waals surface area contributed by atoms with Crippen LogP contribution < -0.4 is 10.1 Å². The fraction of sp³-hybridized carbons (Fsp3) is 0.625. The van der Waals surface area contributed by atoms with Gasteiger partial charge in [0.25, 0.3) is 0 Å². The van der Waals surface area contributed by atoms with E-state index in [9.17, 15) is 4.39 Å². The molecule has 0 aliphatic carbocycles. The van der Waals surface area contributed by atoms with Crippen LogP contribution in [0.1, 0.15) is 25.8 Å². The van der Waals surface area contributed by atoms with Gasteiger partial charge in [-0.1, -0.05) is 13.8 Å². The lowest BCUT2D eigenvalue weighted by Crippen LogP contribution is -2.19. The first-order chi connectivity index (χ1) is 9.47. The molecule has 1 aromatic rings. The van der Waals surface area contributed by atoms with Crippen LogP contribution in [0.5, 0.6) is 5.75 Å². The first-order valence-electron chi connectivity index (χ1n) is 7.25. The Bertz CT molecular complexity index is 394. The Morgan fingerprint density at radius 1 is 1.25 bits per heavy atom. The molecule has 0 aliphatic heterocycles. The van der Waals surface area contributed by atoms with Gasteiger partial charge < -0.3 is 15.0 Å². The first kappa shape index (κ1) is 16.9. The quantitative estimate of drug-likeness (QED) is 0.705. The highest BCUT2D eigenvalue weighted by Gasteiger charge is 2.03. The Labute approximate surface area is 122 Å². The van der Waals surface area contributed by atoms with Gasteiger partial charge in [0.15, 0.2) is 0 Å². The molecule has 1 aromatic carbocycles. The zero-order chi connectivity index (χ0) is 15.0. The molecule has 0 spiro atoms. The number of hydrogen-bond donors (Lipinski definition) is 1. The van der Waals surface area contributed by atoms with Crippen LogP contribution in [0.3, 0.4) is 0 Å². The molecule has 0 saturated heterocycles. The summed E-state index contributed by atoms with van der Waals surface area (Å²) >= 11 is 0. The van der Waals surface area contributed by atoms with Crippen molar-refractivity contribution in [1.29, 1.82) is 0 Å². The molecule has 0 amide bonds. The fourth-order valence-electron chi connectivity index (χ4n) is 1.88. The second-order valence-electron chi connectivity index (χ2n) is 5.83. The average molecular weight is 282 g/mol. The summed E-state index contributed by atoms with van der Waals surface area (Å²) in [6.07, 6.45) is 0.935. The van der Waals surface area contributed by atoms with Crippen molar-refractivity contribution in [2.45, 2.75) is 26.8 Å². The Hall–Kier alpha value is -1.13. The number of ether oxygens (including phenoxy) is 1. The van der Waals surface area contributed by atoms with Crippen molar-refractivity contribution < 1.29 is 9.13 Å². The molecule has 0 heterocycles. The van der Waals surface area contributed by atoms with Gasteiger partial charge in [-0.05, 0) is 50.7 Å². The molecule has 0 fully saturated rings. The van der Waals surface area contributed by atoms with Crippen molar-refractivity contribution in [2.75, 3.05) is 33.8 Å². The van der Waals surface area contributed by atoms with E-state index in [4.69, 9.17) is 4.74 Å².